The molecule has 0 atom stereocenters. The molecule has 0 saturated carbocycles. The highest BCUT2D eigenvalue weighted by molar-refractivity contribution is 5.92. The van der Waals surface area contributed by atoms with Crippen LogP contribution in [0.4, 0.5) is 5.69 Å². The molecule has 0 fully saturated rings. The Morgan fingerprint density at radius 1 is 1.14 bits per heavy atom. The van der Waals surface area contributed by atoms with Gasteiger partial charge in [-0.1, -0.05) is 24.3 Å². The van der Waals surface area contributed by atoms with Gasteiger partial charge in [-0.15, -0.1) is 0 Å². The first-order valence-electron chi connectivity index (χ1n) is 7.09. The van der Waals surface area contributed by atoms with E-state index in [0.717, 1.165) is 5.75 Å². The van der Waals surface area contributed by atoms with E-state index in [4.69, 9.17) is 9.84 Å². The number of nitrogens with zero attached hydrogens (tertiary/aromatic N) is 1. The molecule has 1 amide bonds. The lowest BCUT2D eigenvalue weighted by Crippen LogP contribution is -2.32. The van der Waals surface area contributed by atoms with Gasteiger partial charge in [0.25, 0.3) is 0 Å². The second kappa shape index (κ2) is 8.17. The summed E-state index contributed by atoms with van der Waals surface area (Å²) in [6, 6.07) is 16.7. The molecule has 0 radical (unpaired) electrons. The van der Waals surface area contributed by atoms with Crippen molar-refractivity contribution in [2.45, 2.75) is 0 Å². The van der Waals surface area contributed by atoms with E-state index >= 15 is 0 Å². The maximum absolute atomic E-state index is 11.9. The number of carbonyl (C=O) groups excluding carboxylic acids is 1. The van der Waals surface area contributed by atoms with E-state index in [2.05, 4.69) is 5.32 Å². The Labute approximate surface area is 130 Å². The molecule has 22 heavy (non-hydrogen) atoms. The van der Waals surface area contributed by atoms with Crippen LogP contribution in [-0.2, 0) is 4.79 Å². The number of benzene rings is 2. The molecule has 2 aromatic carbocycles. The molecule has 0 heterocycles. The third kappa shape index (κ3) is 5.20. The fraction of sp³-hybridized carbons (Fsp3) is 0.235. The molecule has 0 bridgehead atoms. The Kier molecular flexibility index (Phi) is 5.94. The fourth-order valence-corrected chi connectivity index (χ4v) is 1.96. The fourth-order valence-electron chi connectivity index (χ4n) is 1.96. The summed E-state index contributed by atoms with van der Waals surface area (Å²) in [6.45, 7) is 0.721. The van der Waals surface area contributed by atoms with Crippen LogP contribution in [0.2, 0.25) is 0 Å². The summed E-state index contributed by atoms with van der Waals surface area (Å²) in [4.78, 5) is 13.6. The maximum Gasteiger partial charge on any atom is 0.238 e. The number of hydrogen-bond donors (Lipinski definition) is 2. The van der Waals surface area contributed by atoms with Gasteiger partial charge < -0.3 is 15.2 Å². The summed E-state index contributed by atoms with van der Waals surface area (Å²) in [5, 5.41) is 11.6. The molecule has 2 aromatic rings. The number of likely N-dealkylation sites (N-methyl/N-ethyl adjacent to an activating group) is 1. The van der Waals surface area contributed by atoms with Gasteiger partial charge in [0.2, 0.25) is 5.91 Å². The van der Waals surface area contributed by atoms with E-state index in [1.54, 1.807) is 18.0 Å². The van der Waals surface area contributed by atoms with E-state index < -0.39 is 0 Å². The van der Waals surface area contributed by atoms with Crippen molar-refractivity contribution in [2.24, 2.45) is 0 Å². The molecular formula is C17H20N2O3. The number of amides is 1. The Morgan fingerprint density at radius 3 is 2.59 bits per heavy atom. The number of anilines is 1. The Bertz CT molecular complexity index is 602. The molecule has 2 rings (SSSR count). The van der Waals surface area contributed by atoms with Crippen LogP contribution >= 0.6 is 0 Å². The van der Waals surface area contributed by atoms with Crippen molar-refractivity contribution in [2.75, 3.05) is 32.1 Å². The molecular weight excluding hydrogens is 280 g/mol. The zero-order valence-corrected chi connectivity index (χ0v) is 12.5. The Hall–Kier alpha value is -2.37. The maximum atomic E-state index is 11.9. The number of hydrogen-bond acceptors (Lipinski definition) is 4. The van der Waals surface area contributed by atoms with Crippen molar-refractivity contribution in [3.05, 3.63) is 54.6 Å². The van der Waals surface area contributed by atoms with Crippen molar-refractivity contribution >= 4 is 11.6 Å². The van der Waals surface area contributed by atoms with Gasteiger partial charge in [-0.05, 0) is 31.3 Å². The highest BCUT2D eigenvalue weighted by Gasteiger charge is 2.07. The molecule has 0 aliphatic heterocycles. The predicted molar refractivity (Wildman–Crippen MR) is 86.2 cm³/mol. The monoisotopic (exact) mass is 300 g/mol. The highest BCUT2D eigenvalue weighted by Crippen LogP contribution is 2.23. The summed E-state index contributed by atoms with van der Waals surface area (Å²) in [5.74, 6) is 1.27. The summed E-state index contributed by atoms with van der Waals surface area (Å²) in [5.41, 5.74) is 0.677. The summed E-state index contributed by atoms with van der Waals surface area (Å²) in [6.07, 6.45) is 0. The lowest BCUT2D eigenvalue weighted by molar-refractivity contribution is -0.117. The highest BCUT2D eigenvalue weighted by atomic mass is 16.5. The van der Waals surface area contributed by atoms with Gasteiger partial charge in [0.15, 0.2) is 0 Å². The zero-order valence-electron chi connectivity index (χ0n) is 12.5. The molecule has 0 unspecified atom stereocenters. The minimum absolute atomic E-state index is 0.0319. The third-order valence-electron chi connectivity index (χ3n) is 2.99. The molecule has 0 saturated heterocycles. The first-order chi connectivity index (χ1) is 10.7. The van der Waals surface area contributed by atoms with Gasteiger partial charge in [-0.25, -0.2) is 0 Å². The van der Waals surface area contributed by atoms with Crippen LogP contribution in [0.15, 0.2) is 54.6 Å². The summed E-state index contributed by atoms with van der Waals surface area (Å²) in [7, 11) is 1.78. The third-order valence-corrected chi connectivity index (χ3v) is 2.99. The average Bonchev–Trinajstić information content (AvgIpc) is 2.48. The van der Waals surface area contributed by atoms with Crippen LogP contribution < -0.4 is 10.1 Å². The topological polar surface area (TPSA) is 61.8 Å². The van der Waals surface area contributed by atoms with Crippen molar-refractivity contribution in [1.82, 2.24) is 4.90 Å². The number of carbonyl (C=O) groups is 1. The van der Waals surface area contributed by atoms with Crippen molar-refractivity contribution in [3.63, 3.8) is 0 Å². The number of para-hydroxylation sites is 1. The van der Waals surface area contributed by atoms with Crippen LogP contribution in [-0.4, -0.2) is 42.7 Å². The quantitative estimate of drug-likeness (QED) is 0.824. The van der Waals surface area contributed by atoms with E-state index in [-0.39, 0.29) is 19.1 Å². The molecule has 0 spiro atoms. The molecule has 0 aliphatic rings. The zero-order chi connectivity index (χ0) is 15.8. The van der Waals surface area contributed by atoms with Gasteiger partial charge in [0.1, 0.15) is 11.5 Å². The van der Waals surface area contributed by atoms with Crippen molar-refractivity contribution < 1.29 is 14.6 Å². The standard InChI is InChI=1S/C17H20N2O3/c1-19(10-11-20)13-17(21)18-14-6-5-9-16(12-14)22-15-7-3-2-4-8-15/h2-9,12,20H,10-11,13H2,1H3,(H,18,21). The van der Waals surface area contributed by atoms with Crippen LogP contribution in [0.1, 0.15) is 0 Å². The number of aliphatic hydroxyl groups excluding tert-OH is 1. The SMILES string of the molecule is CN(CCO)CC(=O)Nc1cccc(Oc2ccccc2)c1. The van der Waals surface area contributed by atoms with Gasteiger partial charge in [-0.3, -0.25) is 9.69 Å². The van der Waals surface area contributed by atoms with Gasteiger partial charge in [-0.2, -0.15) is 0 Å². The predicted octanol–water partition coefficient (Wildman–Crippen LogP) is 2.34. The van der Waals surface area contributed by atoms with Crippen molar-refractivity contribution in [1.29, 1.82) is 0 Å². The van der Waals surface area contributed by atoms with Crippen LogP contribution in [0.5, 0.6) is 11.5 Å². The average molecular weight is 300 g/mol. The Balaban J connectivity index is 1.95. The van der Waals surface area contributed by atoms with E-state index in [1.165, 1.54) is 0 Å². The van der Waals surface area contributed by atoms with Crippen LogP contribution in [0.25, 0.3) is 0 Å². The normalized spacial score (nSPS) is 10.5. The summed E-state index contributed by atoms with van der Waals surface area (Å²) < 4.78 is 5.73. The second-order valence-electron chi connectivity index (χ2n) is 4.95. The summed E-state index contributed by atoms with van der Waals surface area (Å²) >= 11 is 0. The smallest absolute Gasteiger partial charge is 0.238 e. The Morgan fingerprint density at radius 2 is 1.86 bits per heavy atom. The minimum Gasteiger partial charge on any atom is -0.457 e. The van der Waals surface area contributed by atoms with Crippen LogP contribution in [0.3, 0.4) is 0 Å². The first-order valence-corrected chi connectivity index (χ1v) is 7.09. The number of aliphatic hydroxyl groups is 1. The molecule has 2 N–H and O–H groups in total. The number of ether oxygens (including phenoxy) is 1. The van der Waals surface area contributed by atoms with Crippen LogP contribution in [0, 0.1) is 0 Å². The molecule has 5 heteroatoms. The molecule has 0 aliphatic carbocycles. The van der Waals surface area contributed by atoms with E-state index in [9.17, 15) is 4.79 Å². The van der Waals surface area contributed by atoms with Gasteiger partial charge in [0, 0.05) is 18.3 Å². The molecule has 0 aromatic heterocycles. The molecule has 116 valence electrons. The number of rotatable bonds is 7. The van der Waals surface area contributed by atoms with E-state index in [1.807, 2.05) is 48.5 Å². The number of nitrogens with one attached hydrogen (secondary N) is 1. The lowest BCUT2D eigenvalue weighted by atomic mass is 10.3. The first kappa shape index (κ1) is 16.0. The van der Waals surface area contributed by atoms with Gasteiger partial charge in [0.05, 0.1) is 13.2 Å². The minimum atomic E-state index is -0.132. The van der Waals surface area contributed by atoms with E-state index in [0.29, 0.717) is 18.0 Å². The van der Waals surface area contributed by atoms with Crippen molar-refractivity contribution in [3.8, 4) is 11.5 Å². The van der Waals surface area contributed by atoms with Gasteiger partial charge >= 0.3 is 0 Å². The largest absolute Gasteiger partial charge is 0.457 e. The molecule has 5 nitrogen and oxygen atoms in total. The lowest BCUT2D eigenvalue weighted by Gasteiger charge is -2.15. The second-order valence-corrected chi connectivity index (χ2v) is 4.95.